The molecule has 0 spiro atoms. The number of rotatable bonds is 8. The summed E-state index contributed by atoms with van der Waals surface area (Å²) < 4.78 is 33.4. The zero-order valence-corrected chi connectivity index (χ0v) is 21.0. The van der Waals surface area contributed by atoms with Gasteiger partial charge in [0.1, 0.15) is 0 Å². The van der Waals surface area contributed by atoms with Gasteiger partial charge in [-0.05, 0) is 53.8 Å². The first-order valence-electron chi connectivity index (χ1n) is 11.8. The Bertz CT molecular complexity index is 1260. The minimum Gasteiger partial charge on any atom is -0.379 e. The fraction of sp³-hybridized carbons (Fsp3) is 0.333. The Balaban J connectivity index is 1.65. The SMILES string of the molecule is CCc1ccc(CN(Cc2cccnc2)C(=O)c2ccc(C)c(S(=O)(=O)N3CCOCC3)c2)cc1. The van der Waals surface area contributed by atoms with E-state index >= 15 is 0 Å². The van der Waals surface area contributed by atoms with Crippen LogP contribution >= 0.6 is 0 Å². The number of carbonyl (C=O) groups is 1. The van der Waals surface area contributed by atoms with Crippen molar-refractivity contribution in [3.05, 3.63) is 94.8 Å². The minimum absolute atomic E-state index is 0.166. The number of hydrogen-bond acceptors (Lipinski definition) is 5. The van der Waals surface area contributed by atoms with Crippen molar-refractivity contribution < 1.29 is 17.9 Å². The van der Waals surface area contributed by atoms with E-state index in [0.717, 1.165) is 17.5 Å². The molecule has 0 N–H and O–H groups in total. The summed E-state index contributed by atoms with van der Waals surface area (Å²) in [5, 5.41) is 0. The fourth-order valence-electron chi connectivity index (χ4n) is 4.13. The first-order chi connectivity index (χ1) is 16.9. The van der Waals surface area contributed by atoms with Crippen molar-refractivity contribution in [3.63, 3.8) is 0 Å². The van der Waals surface area contributed by atoms with Gasteiger partial charge in [0.2, 0.25) is 10.0 Å². The van der Waals surface area contributed by atoms with Crippen molar-refractivity contribution in [2.45, 2.75) is 38.3 Å². The topological polar surface area (TPSA) is 79.8 Å². The van der Waals surface area contributed by atoms with Gasteiger partial charge in [0, 0.05) is 44.1 Å². The standard InChI is InChI=1S/C27H31N3O4S/c1-3-22-7-9-23(10-8-22)19-29(20-24-5-4-12-28-18-24)27(31)25-11-6-21(2)26(17-25)35(32,33)30-13-15-34-16-14-30/h4-12,17-18H,3,13-16,19-20H2,1-2H3. The number of carbonyl (C=O) groups excluding carboxylic acids is 1. The Morgan fingerprint density at radius 1 is 1.00 bits per heavy atom. The molecule has 0 unspecified atom stereocenters. The molecule has 1 saturated heterocycles. The zero-order chi connectivity index (χ0) is 24.8. The van der Waals surface area contributed by atoms with E-state index in [9.17, 15) is 13.2 Å². The molecule has 8 heteroatoms. The number of benzene rings is 2. The van der Waals surface area contributed by atoms with E-state index in [0.29, 0.717) is 50.5 Å². The van der Waals surface area contributed by atoms with E-state index in [-0.39, 0.29) is 10.8 Å². The molecule has 1 aromatic heterocycles. The number of aromatic nitrogens is 1. The summed E-state index contributed by atoms with van der Waals surface area (Å²) in [7, 11) is -3.73. The molecule has 1 amide bonds. The molecule has 2 heterocycles. The third-order valence-electron chi connectivity index (χ3n) is 6.21. The van der Waals surface area contributed by atoms with Gasteiger partial charge in [0.05, 0.1) is 18.1 Å². The number of nitrogens with zero attached hydrogens (tertiary/aromatic N) is 3. The van der Waals surface area contributed by atoms with Gasteiger partial charge >= 0.3 is 0 Å². The predicted molar refractivity (Wildman–Crippen MR) is 134 cm³/mol. The van der Waals surface area contributed by atoms with Gasteiger partial charge in [0.15, 0.2) is 0 Å². The van der Waals surface area contributed by atoms with Crippen LogP contribution in [0.1, 0.15) is 39.5 Å². The van der Waals surface area contributed by atoms with Crippen molar-refractivity contribution in [1.82, 2.24) is 14.2 Å². The number of pyridine rings is 1. The van der Waals surface area contributed by atoms with Crippen LogP contribution in [0, 0.1) is 6.92 Å². The number of amides is 1. The lowest BCUT2D eigenvalue weighted by atomic mass is 10.1. The molecule has 4 rings (SSSR count). The van der Waals surface area contributed by atoms with Gasteiger partial charge in [-0.15, -0.1) is 0 Å². The van der Waals surface area contributed by atoms with Gasteiger partial charge in [0.25, 0.3) is 5.91 Å². The van der Waals surface area contributed by atoms with Crippen LogP contribution < -0.4 is 0 Å². The first-order valence-corrected chi connectivity index (χ1v) is 13.3. The van der Waals surface area contributed by atoms with Gasteiger partial charge in [-0.2, -0.15) is 4.31 Å². The molecule has 3 aromatic rings. The summed E-state index contributed by atoms with van der Waals surface area (Å²) >= 11 is 0. The number of morpholine rings is 1. The quantitative estimate of drug-likeness (QED) is 0.477. The van der Waals surface area contributed by atoms with Crippen LogP contribution in [0.15, 0.2) is 71.9 Å². The Kier molecular flexibility index (Phi) is 7.95. The van der Waals surface area contributed by atoms with E-state index < -0.39 is 10.0 Å². The second-order valence-corrected chi connectivity index (χ2v) is 10.6. The predicted octanol–water partition coefficient (Wildman–Crippen LogP) is 3.82. The maximum atomic E-state index is 13.7. The second-order valence-electron chi connectivity index (χ2n) is 8.69. The van der Waals surface area contributed by atoms with E-state index in [1.807, 2.05) is 24.3 Å². The molecular formula is C27H31N3O4S. The number of ether oxygens (including phenoxy) is 1. The van der Waals surface area contributed by atoms with E-state index in [1.54, 1.807) is 36.4 Å². The van der Waals surface area contributed by atoms with Gasteiger partial charge in [-0.3, -0.25) is 9.78 Å². The Hall–Kier alpha value is -3.07. The molecule has 1 aliphatic rings. The molecule has 1 aliphatic heterocycles. The summed E-state index contributed by atoms with van der Waals surface area (Å²) in [6.45, 7) is 5.97. The number of sulfonamides is 1. The largest absolute Gasteiger partial charge is 0.379 e. The second kappa shape index (κ2) is 11.1. The maximum Gasteiger partial charge on any atom is 0.254 e. The number of hydrogen-bond donors (Lipinski definition) is 0. The first kappa shape index (κ1) is 25.0. The zero-order valence-electron chi connectivity index (χ0n) is 20.2. The van der Waals surface area contributed by atoms with Crippen molar-refractivity contribution >= 4 is 15.9 Å². The summed E-state index contributed by atoms with van der Waals surface area (Å²) in [5.41, 5.74) is 4.10. The van der Waals surface area contributed by atoms with Crippen LogP contribution in [0.3, 0.4) is 0 Å². The van der Waals surface area contributed by atoms with E-state index in [4.69, 9.17) is 4.74 Å². The average molecular weight is 494 g/mol. The van der Waals surface area contributed by atoms with Crippen LogP contribution in [-0.4, -0.2) is 54.8 Å². The van der Waals surface area contributed by atoms with Crippen LogP contribution in [0.4, 0.5) is 0 Å². The van der Waals surface area contributed by atoms with Crippen LogP contribution in [0.25, 0.3) is 0 Å². The smallest absolute Gasteiger partial charge is 0.254 e. The highest BCUT2D eigenvalue weighted by Crippen LogP contribution is 2.24. The van der Waals surface area contributed by atoms with Crippen molar-refractivity contribution in [1.29, 1.82) is 0 Å². The Morgan fingerprint density at radius 2 is 1.69 bits per heavy atom. The molecule has 0 radical (unpaired) electrons. The van der Waals surface area contributed by atoms with Crippen molar-refractivity contribution in [2.75, 3.05) is 26.3 Å². The highest BCUT2D eigenvalue weighted by Gasteiger charge is 2.29. The molecule has 1 fully saturated rings. The van der Waals surface area contributed by atoms with Crippen LogP contribution in [0.2, 0.25) is 0 Å². The van der Waals surface area contributed by atoms with E-state index in [1.165, 1.54) is 15.9 Å². The number of aryl methyl sites for hydroxylation is 2. The van der Waals surface area contributed by atoms with Crippen LogP contribution in [0.5, 0.6) is 0 Å². The molecular weight excluding hydrogens is 462 g/mol. The molecule has 35 heavy (non-hydrogen) atoms. The van der Waals surface area contributed by atoms with Gasteiger partial charge in [-0.1, -0.05) is 43.3 Å². The van der Waals surface area contributed by atoms with Crippen molar-refractivity contribution in [3.8, 4) is 0 Å². The Labute approximate surface area is 207 Å². The van der Waals surface area contributed by atoms with E-state index in [2.05, 4.69) is 24.0 Å². The maximum absolute atomic E-state index is 13.7. The average Bonchev–Trinajstić information content (AvgIpc) is 2.89. The highest BCUT2D eigenvalue weighted by atomic mass is 32.2. The monoisotopic (exact) mass is 493 g/mol. The summed E-state index contributed by atoms with van der Waals surface area (Å²) in [6.07, 6.45) is 4.38. The normalized spacial score (nSPS) is 14.6. The lowest BCUT2D eigenvalue weighted by molar-refractivity contribution is 0.0725. The fourth-order valence-corrected chi connectivity index (χ4v) is 5.79. The highest BCUT2D eigenvalue weighted by molar-refractivity contribution is 7.89. The molecule has 0 aliphatic carbocycles. The summed E-state index contributed by atoms with van der Waals surface area (Å²) in [4.78, 5) is 19.8. The summed E-state index contributed by atoms with van der Waals surface area (Å²) in [5.74, 6) is -0.230. The Morgan fingerprint density at radius 3 is 2.34 bits per heavy atom. The molecule has 184 valence electrons. The third-order valence-corrected chi connectivity index (χ3v) is 8.25. The lowest BCUT2D eigenvalue weighted by Gasteiger charge is -2.27. The molecule has 0 bridgehead atoms. The van der Waals surface area contributed by atoms with Gasteiger partial charge in [-0.25, -0.2) is 8.42 Å². The van der Waals surface area contributed by atoms with Crippen molar-refractivity contribution in [2.24, 2.45) is 0 Å². The third kappa shape index (κ3) is 5.96. The van der Waals surface area contributed by atoms with Crippen LogP contribution in [-0.2, 0) is 34.3 Å². The minimum atomic E-state index is -3.73. The van der Waals surface area contributed by atoms with Gasteiger partial charge < -0.3 is 9.64 Å². The summed E-state index contributed by atoms with van der Waals surface area (Å²) in [6, 6.07) is 16.9. The molecule has 2 aromatic carbocycles. The molecule has 0 saturated carbocycles. The lowest BCUT2D eigenvalue weighted by Crippen LogP contribution is -2.41. The molecule has 0 atom stereocenters. The molecule has 7 nitrogen and oxygen atoms in total.